The second-order valence-electron chi connectivity index (χ2n) is 4.72. The molecule has 0 aromatic heterocycles. The zero-order chi connectivity index (χ0) is 14.6. The van der Waals surface area contributed by atoms with Crippen LogP contribution < -0.4 is 0 Å². The summed E-state index contributed by atoms with van der Waals surface area (Å²) >= 11 is 5.85. The maximum absolute atomic E-state index is 13.7. The molecule has 1 unspecified atom stereocenters. The molecule has 2 aromatic carbocycles. The first kappa shape index (κ1) is 15.9. The van der Waals surface area contributed by atoms with Gasteiger partial charge < -0.3 is 4.74 Å². The van der Waals surface area contributed by atoms with Gasteiger partial charge in [-0.2, -0.15) is 0 Å². The molecule has 0 aliphatic heterocycles. The number of hydrogen-bond donors (Lipinski definition) is 0. The average Bonchev–Trinajstić information content (AvgIpc) is 2.46. The van der Waals surface area contributed by atoms with Crippen LogP contribution in [-0.2, 0) is 16.9 Å². The molecular weight excluding hydrogens is 434 g/mol. The summed E-state index contributed by atoms with van der Waals surface area (Å²) in [6.07, 6.45) is 0. The molecule has 0 radical (unpaired) electrons. The highest BCUT2D eigenvalue weighted by atomic mass is 127. The normalized spacial score (nSPS) is 14.0. The standard InChI is InChI=1S/C16H15BrFIO/c1-16(11-19,13-7-3-4-8-14(13)17)20-10-12-6-2-5-9-15(12)18/h2-9H,10-11H2,1H3. The van der Waals surface area contributed by atoms with Gasteiger partial charge in [0.2, 0.25) is 0 Å². The molecule has 0 saturated carbocycles. The van der Waals surface area contributed by atoms with Crippen LogP contribution in [0.5, 0.6) is 0 Å². The molecule has 0 aliphatic rings. The van der Waals surface area contributed by atoms with Crippen LogP contribution >= 0.6 is 38.5 Å². The fourth-order valence-electron chi connectivity index (χ4n) is 1.93. The van der Waals surface area contributed by atoms with E-state index in [0.29, 0.717) is 5.56 Å². The fourth-order valence-corrected chi connectivity index (χ4v) is 3.27. The predicted octanol–water partition coefficient (Wildman–Crippen LogP) is 5.46. The molecule has 0 saturated heterocycles. The summed E-state index contributed by atoms with van der Waals surface area (Å²) in [5.41, 5.74) is 1.20. The lowest BCUT2D eigenvalue weighted by atomic mass is 9.98. The van der Waals surface area contributed by atoms with E-state index in [1.54, 1.807) is 12.1 Å². The van der Waals surface area contributed by atoms with E-state index in [1.165, 1.54) is 6.07 Å². The number of hydrogen-bond acceptors (Lipinski definition) is 1. The Labute approximate surface area is 140 Å². The number of alkyl halides is 1. The van der Waals surface area contributed by atoms with E-state index in [4.69, 9.17) is 4.74 Å². The van der Waals surface area contributed by atoms with Crippen LogP contribution in [0.25, 0.3) is 0 Å². The van der Waals surface area contributed by atoms with Crippen molar-refractivity contribution in [3.63, 3.8) is 0 Å². The lowest BCUT2D eigenvalue weighted by Crippen LogP contribution is -2.28. The van der Waals surface area contributed by atoms with E-state index >= 15 is 0 Å². The Bertz CT molecular complexity index is 590. The molecule has 1 nitrogen and oxygen atoms in total. The number of halogens is 3. The minimum Gasteiger partial charge on any atom is -0.365 e. The van der Waals surface area contributed by atoms with Gasteiger partial charge in [0.05, 0.1) is 6.61 Å². The summed E-state index contributed by atoms with van der Waals surface area (Å²) < 4.78 is 21.5. The molecule has 0 heterocycles. The molecule has 106 valence electrons. The summed E-state index contributed by atoms with van der Waals surface area (Å²) in [6, 6.07) is 14.7. The smallest absolute Gasteiger partial charge is 0.128 e. The molecule has 2 aromatic rings. The minimum atomic E-state index is -0.455. The van der Waals surface area contributed by atoms with Crippen molar-refractivity contribution in [3.8, 4) is 0 Å². The van der Waals surface area contributed by atoms with Crippen LogP contribution in [0.1, 0.15) is 18.1 Å². The highest BCUT2D eigenvalue weighted by Crippen LogP contribution is 2.34. The van der Waals surface area contributed by atoms with E-state index in [1.807, 2.05) is 37.3 Å². The van der Waals surface area contributed by atoms with Crippen molar-refractivity contribution in [2.75, 3.05) is 4.43 Å². The lowest BCUT2D eigenvalue weighted by molar-refractivity contribution is -0.0291. The second kappa shape index (κ2) is 7.00. The first-order chi connectivity index (χ1) is 9.57. The van der Waals surface area contributed by atoms with Gasteiger partial charge in [-0.1, -0.05) is 74.9 Å². The van der Waals surface area contributed by atoms with Gasteiger partial charge in [0.1, 0.15) is 11.4 Å². The maximum Gasteiger partial charge on any atom is 0.128 e. The van der Waals surface area contributed by atoms with Gasteiger partial charge in [0.15, 0.2) is 0 Å². The Hall–Kier alpha value is -0.460. The molecule has 20 heavy (non-hydrogen) atoms. The van der Waals surface area contributed by atoms with Gasteiger partial charge >= 0.3 is 0 Å². The highest BCUT2D eigenvalue weighted by molar-refractivity contribution is 14.1. The van der Waals surface area contributed by atoms with Crippen molar-refractivity contribution in [3.05, 3.63) is 69.9 Å². The van der Waals surface area contributed by atoms with E-state index < -0.39 is 5.60 Å². The predicted molar refractivity (Wildman–Crippen MR) is 91.6 cm³/mol. The van der Waals surface area contributed by atoms with Crippen molar-refractivity contribution < 1.29 is 9.13 Å². The molecule has 0 N–H and O–H groups in total. The molecule has 0 bridgehead atoms. The van der Waals surface area contributed by atoms with Gasteiger partial charge in [-0.05, 0) is 24.6 Å². The number of benzene rings is 2. The molecule has 0 spiro atoms. The third-order valence-electron chi connectivity index (χ3n) is 3.20. The molecule has 4 heteroatoms. The van der Waals surface area contributed by atoms with Crippen molar-refractivity contribution in [2.45, 2.75) is 19.1 Å². The summed E-state index contributed by atoms with van der Waals surface area (Å²) in [4.78, 5) is 0. The van der Waals surface area contributed by atoms with Gasteiger partial charge in [-0.15, -0.1) is 0 Å². The van der Waals surface area contributed by atoms with Crippen LogP contribution in [0.15, 0.2) is 53.0 Å². The lowest BCUT2D eigenvalue weighted by Gasteiger charge is -2.29. The summed E-state index contributed by atoms with van der Waals surface area (Å²) in [5.74, 6) is -0.226. The van der Waals surface area contributed by atoms with E-state index in [0.717, 1.165) is 14.5 Å². The van der Waals surface area contributed by atoms with Crippen LogP contribution in [0, 0.1) is 5.82 Å². The topological polar surface area (TPSA) is 9.23 Å². The molecule has 2 rings (SSSR count). The summed E-state index contributed by atoms with van der Waals surface area (Å²) in [5, 5.41) is 0. The third kappa shape index (κ3) is 3.59. The van der Waals surface area contributed by atoms with Gasteiger partial charge in [0.25, 0.3) is 0 Å². The number of ether oxygens (including phenoxy) is 1. The van der Waals surface area contributed by atoms with Crippen LogP contribution in [0.4, 0.5) is 4.39 Å². The van der Waals surface area contributed by atoms with Crippen molar-refractivity contribution >= 4 is 38.5 Å². The zero-order valence-electron chi connectivity index (χ0n) is 11.1. The summed E-state index contributed by atoms with van der Waals surface area (Å²) in [6.45, 7) is 2.29. The Balaban J connectivity index is 2.21. The molecule has 0 fully saturated rings. The first-order valence-electron chi connectivity index (χ1n) is 6.25. The third-order valence-corrected chi connectivity index (χ3v) is 5.35. The SMILES string of the molecule is CC(CI)(OCc1ccccc1F)c1ccccc1Br. The summed E-state index contributed by atoms with van der Waals surface area (Å²) in [7, 11) is 0. The Morgan fingerprint density at radius 2 is 1.80 bits per heavy atom. The zero-order valence-corrected chi connectivity index (χ0v) is 14.8. The fraction of sp³-hybridized carbons (Fsp3) is 0.250. The largest absolute Gasteiger partial charge is 0.365 e. The quantitative estimate of drug-likeness (QED) is 0.436. The van der Waals surface area contributed by atoms with Crippen molar-refractivity contribution in [1.82, 2.24) is 0 Å². The molecule has 0 amide bonds. The van der Waals surface area contributed by atoms with Gasteiger partial charge in [-0.25, -0.2) is 4.39 Å². The van der Waals surface area contributed by atoms with Gasteiger partial charge in [-0.3, -0.25) is 0 Å². The Morgan fingerprint density at radius 3 is 2.45 bits per heavy atom. The molecular formula is C16H15BrFIO. The average molecular weight is 449 g/mol. The van der Waals surface area contributed by atoms with E-state index in [-0.39, 0.29) is 12.4 Å². The van der Waals surface area contributed by atoms with Crippen molar-refractivity contribution in [1.29, 1.82) is 0 Å². The van der Waals surface area contributed by atoms with Gasteiger partial charge in [0, 0.05) is 14.5 Å². The molecule has 0 aliphatic carbocycles. The minimum absolute atomic E-state index is 0.226. The molecule has 1 atom stereocenters. The second-order valence-corrected chi connectivity index (χ2v) is 6.34. The Kier molecular flexibility index (Phi) is 5.57. The first-order valence-corrected chi connectivity index (χ1v) is 8.57. The van der Waals surface area contributed by atoms with Crippen LogP contribution in [0.3, 0.4) is 0 Å². The van der Waals surface area contributed by atoms with E-state index in [2.05, 4.69) is 38.5 Å². The van der Waals surface area contributed by atoms with E-state index in [9.17, 15) is 4.39 Å². The monoisotopic (exact) mass is 448 g/mol. The number of rotatable bonds is 5. The van der Waals surface area contributed by atoms with Crippen LogP contribution in [-0.4, -0.2) is 4.43 Å². The maximum atomic E-state index is 13.7. The van der Waals surface area contributed by atoms with Crippen LogP contribution in [0.2, 0.25) is 0 Å². The Morgan fingerprint density at radius 1 is 1.15 bits per heavy atom. The van der Waals surface area contributed by atoms with Crippen molar-refractivity contribution in [2.24, 2.45) is 0 Å². The highest BCUT2D eigenvalue weighted by Gasteiger charge is 2.28.